The number of rotatable bonds is 2. The van der Waals surface area contributed by atoms with Crippen molar-refractivity contribution in [3.8, 4) is 17.3 Å². The lowest BCUT2D eigenvalue weighted by Gasteiger charge is -2.09. The summed E-state index contributed by atoms with van der Waals surface area (Å²) in [5.41, 5.74) is -0.0318. The van der Waals surface area contributed by atoms with Gasteiger partial charge in [0, 0.05) is 5.56 Å². The molecule has 0 amide bonds. The second-order valence-corrected chi connectivity index (χ2v) is 4.59. The first kappa shape index (κ1) is 14.3. The highest BCUT2D eigenvalue weighted by Gasteiger charge is 2.33. The number of thioether (sulfide) groups is 1. The largest absolute Gasteiger partial charge is 0.433 e. The summed E-state index contributed by atoms with van der Waals surface area (Å²) < 4.78 is 38.4. The van der Waals surface area contributed by atoms with Crippen molar-refractivity contribution in [3.05, 3.63) is 41.6 Å². The van der Waals surface area contributed by atoms with E-state index < -0.39 is 11.9 Å². The predicted octanol–water partition coefficient (Wildman–Crippen LogP) is 3.76. The van der Waals surface area contributed by atoms with Gasteiger partial charge in [-0.3, -0.25) is 0 Å². The van der Waals surface area contributed by atoms with Gasteiger partial charge in [-0.15, -0.1) is 0 Å². The van der Waals surface area contributed by atoms with Crippen LogP contribution in [0, 0.1) is 11.3 Å². The first-order chi connectivity index (χ1) is 9.44. The zero-order valence-electron chi connectivity index (χ0n) is 10.3. The van der Waals surface area contributed by atoms with Crippen LogP contribution in [0.25, 0.3) is 11.3 Å². The SMILES string of the molecule is CSc1nc(-c2cccc(C#N)c2)cc(C(F)(F)F)n1. The molecule has 0 bridgehead atoms. The number of halogens is 3. The molecule has 0 atom stereocenters. The predicted molar refractivity (Wildman–Crippen MR) is 69.0 cm³/mol. The van der Waals surface area contributed by atoms with E-state index in [1.807, 2.05) is 6.07 Å². The molecular weight excluding hydrogens is 287 g/mol. The molecule has 1 heterocycles. The van der Waals surface area contributed by atoms with Crippen LogP contribution >= 0.6 is 11.8 Å². The molecule has 0 saturated heterocycles. The van der Waals surface area contributed by atoms with Crippen molar-refractivity contribution < 1.29 is 13.2 Å². The second kappa shape index (κ2) is 5.51. The van der Waals surface area contributed by atoms with Gasteiger partial charge >= 0.3 is 6.18 Å². The van der Waals surface area contributed by atoms with Crippen LogP contribution in [-0.2, 0) is 6.18 Å². The van der Waals surface area contributed by atoms with Crippen molar-refractivity contribution in [3.63, 3.8) is 0 Å². The Morgan fingerprint density at radius 2 is 1.95 bits per heavy atom. The number of nitrogens with zero attached hydrogens (tertiary/aromatic N) is 3. The molecule has 0 saturated carbocycles. The van der Waals surface area contributed by atoms with Crippen LogP contribution in [-0.4, -0.2) is 16.2 Å². The fourth-order valence-corrected chi connectivity index (χ4v) is 1.94. The summed E-state index contributed by atoms with van der Waals surface area (Å²) in [5.74, 6) is 0. The van der Waals surface area contributed by atoms with Crippen LogP contribution in [0.4, 0.5) is 13.2 Å². The maximum absolute atomic E-state index is 12.8. The molecule has 0 N–H and O–H groups in total. The molecule has 7 heteroatoms. The lowest BCUT2D eigenvalue weighted by Crippen LogP contribution is -2.10. The summed E-state index contributed by atoms with van der Waals surface area (Å²) in [4.78, 5) is 7.51. The van der Waals surface area contributed by atoms with E-state index in [4.69, 9.17) is 5.26 Å². The van der Waals surface area contributed by atoms with Gasteiger partial charge in [0.2, 0.25) is 0 Å². The van der Waals surface area contributed by atoms with Gasteiger partial charge in [-0.2, -0.15) is 18.4 Å². The minimum Gasteiger partial charge on any atom is -0.222 e. The molecular formula is C13H8F3N3S. The minimum atomic E-state index is -4.53. The Morgan fingerprint density at radius 3 is 2.55 bits per heavy atom. The Kier molecular flexibility index (Phi) is 3.95. The van der Waals surface area contributed by atoms with Crippen molar-refractivity contribution >= 4 is 11.8 Å². The lowest BCUT2D eigenvalue weighted by atomic mass is 10.1. The number of hydrogen-bond donors (Lipinski definition) is 0. The van der Waals surface area contributed by atoms with E-state index in [1.54, 1.807) is 24.5 Å². The Labute approximate surface area is 117 Å². The van der Waals surface area contributed by atoms with Crippen molar-refractivity contribution in [2.45, 2.75) is 11.3 Å². The van der Waals surface area contributed by atoms with Crippen LogP contribution in [0.3, 0.4) is 0 Å². The number of nitriles is 1. The number of aromatic nitrogens is 2. The Bertz CT molecular complexity index is 677. The topological polar surface area (TPSA) is 49.6 Å². The van der Waals surface area contributed by atoms with Crippen molar-refractivity contribution in [2.75, 3.05) is 6.26 Å². The van der Waals surface area contributed by atoms with E-state index in [0.29, 0.717) is 11.1 Å². The molecule has 0 spiro atoms. The van der Waals surface area contributed by atoms with Crippen molar-refractivity contribution in [1.82, 2.24) is 9.97 Å². The molecule has 0 unspecified atom stereocenters. The highest BCUT2D eigenvalue weighted by atomic mass is 32.2. The van der Waals surface area contributed by atoms with Crippen LogP contribution in [0.5, 0.6) is 0 Å². The van der Waals surface area contributed by atoms with Crippen LogP contribution in [0.2, 0.25) is 0 Å². The summed E-state index contributed by atoms with van der Waals surface area (Å²) in [7, 11) is 0. The van der Waals surface area contributed by atoms with Crippen molar-refractivity contribution in [2.24, 2.45) is 0 Å². The zero-order valence-corrected chi connectivity index (χ0v) is 11.1. The van der Waals surface area contributed by atoms with Gasteiger partial charge in [0.05, 0.1) is 17.3 Å². The van der Waals surface area contributed by atoms with Gasteiger partial charge in [0.25, 0.3) is 0 Å². The summed E-state index contributed by atoms with van der Waals surface area (Å²) in [6, 6.07) is 9.10. The quantitative estimate of drug-likeness (QED) is 0.625. The molecule has 0 aliphatic carbocycles. The molecule has 0 radical (unpaired) electrons. The van der Waals surface area contributed by atoms with E-state index in [1.165, 1.54) is 6.07 Å². The molecule has 1 aromatic carbocycles. The molecule has 0 aliphatic rings. The summed E-state index contributed by atoms with van der Waals surface area (Å²) in [5, 5.41) is 8.87. The van der Waals surface area contributed by atoms with Gasteiger partial charge in [-0.1, -0.05) is 23.9 Å². The van der Waals surface area contributed by atoms with Crippen LogP contribution in [0.1, 0.15) is 11.3 Å². The molecule has 1 aromatic heterocycles. The molecule has 0 aliphatic heterocycles. The molecule has 102 valence electrons. The third-order valence-corrected chi connectivity index (χ3v) is 3.01. The number of benzene rings is 1. The molecule has 0 fully saturated rings. The van der Waals surface area contributed by atoms with Crippen LogP contribution < -0.4 is 0 Å². The maximum atomic E-state index is 12.8. The van der Waals surface area contributed by atoms with Crippen LogP contribution in [0.15, 0.2) is 35.5 Å². The summed E-state index contributed by atoms with van der Waals surface area (Å²) >= 11 is 1.03. The smallest absolute Gasteiger partial charge is 0.222 e. The molecule has 2 aromatic rings. The maximum Gasteiger partial charge on any atom is 0.433 e. The lowest BCUT2D eigenvalue weighted by molar-refractivity contribution is -0.141. The Balaban J connectivity index is 2.59. The third kappa shape index (κ3) is 3.08. The van der Waals surface area contributed by atoms with Crippen molar-refractivity contribution in [1.29, 1.82) is 5.26 Å². The third-order valence-electron chi connectivity index (χ3n) is 2.47. The van der Waals surface area contributed by atoms with E-state index in [2.05, 4.69) is 9.97 Å². The van der Waals surface area contributed by atoms with E-state index >= 15 is 0 Å². The number of hydrogen-bond acceptors (Lipinski definition) is 4. The first-order valence-corrected chi connectivity index (χ1v) is 6.67. The molecule has 2 rings (SSSR count). The fourth-order valence-electron chi connectivity index (χ4n) is 1.56. The second-order valence-electron chi connectivity index (χ2n) is 3.82. The minimum absolute atomic E-state index is 0.0391. The molecule has 3 nitrogen and oxygen atoms in total. The Hall–Kier alpha value is -2.07. The van der Waals surface area contributed by atoms with E-state index in [9.17, 15) is 13.2 Å². The van der Waals surface area contributed by atoms with Gasteiger partial charge < -0.3 is 0 Å². The summed E-state index contributed by atoms with van der Waals surface area (Å²) in [6.07, 6.45) is -2.93. The Morgan fingerprint density at radius 1 is 1.20 bits per heavy atom. The highest BCUT2D eigenvalue weighted by Crippen LogP contribution is 2.31. The monoisotopic (exact) mass is 295 g/mol. The fraction of sp³-hybridized carbons (Fsp3) is 0.154. The number of alkyl halides is 3. The van der Waals surface area contributed by atoms with E-state index in [-0.39, 0.29) is 10.9 Å². The van der Waals surface area contributed by atoms with Gasteiger partial charge in [-0.25, -0.2) is 9.97 Å². The molecule has 20 heavy (non-hydrogen) atoms. The normalized spacial score (nSPS) is 11.2. The summed E-state index contributed by atoms with van der Waals surface area (Å²) in [6.45, 7) is 0. The zero-order chi connectivity index (χ0) is 14.8. The van der Waals surface area contributed by atoms with E-state index in [0.717, 1.165) is 17.8 Å². The standard InChI is InChI=1S/C13H8F3N3S/c1-20-12-18-10(6-11(19-12)13(14,15)16)9-4-2-3-8(5-9)7-17/h2-6H,1H3. The van der Waals surface area contributed by atoms with Gasteiger partial charge in [-0.05, 0) is 24.5 Å². The first-order valence-electron chi connectivity index (χ1n) is 5.45. The highest BCUT2D eigenvalue weighted by molar-refractivity contribution is 7.98. The van der Waals surface area contributed by atoms with Gasteiger partial charge in [0.15, 0.2) is 5.16 Å². The average molecular weight is 295 g/mol. The average Bonchev–Trinajstić information content (AvgIpc) is 2.46. The van der Waals surface area contributed by atoms with Gasteiger partial charge in [0.1, 0.15) is 5.69 Å².